The standard InChI is InChI=1S/C18H24N2/c1-5-7-8-17(11-14(3)6-2)20-18-10-9-15(4)16(12-18)13-19/h7,9-10,12,14,17,20H,1,6,8,11H2,2-4H3/t14-,17?/m0/s1. The van der Waals surface area contributed by atoms with Crippen LogP contribution in [0.4, 0.5) is 5.69 Å². The van der Waals surface area contributed by atoms with E-state index >= 15 is 0 Å². The fourth-order valence-corrected chi connectivity index (χ4v) is 2.16. The molecule has 0 spiro atoms. The number of hydrogen-bond donors (Lipinski definition) is 1. The van der Waals surface area contributed by atoms with Crippen molar-refractivity contribution in [2.75, 3.05) is 5.32 Å². The Balaban J connectivity index is 2.83. The Bertz CT molecular complexity index is 519. The summed E-state index contributed by atoms with van der Waals surface area (Å²) in [5.74, 6) is 0.673. The van der Waals surface area contributed by atoms with Crippen molar-refractivity contribution >= 4 is 5.69 Å². The molecule has 20 heavy (non-hydrogen) atoms. The maximum Gasteiger partial charge on any atom is 0.0995 e. The van der Waals surface area contributed by atoms with Gasteiger partial charge in [0.05, 0.1) is 11.6 Å². The zero-order chi connectivity index (χ0) is 15.0. The SMILES string of the molecule is C=C=CCC(C[C@@H](C)CC)Nc1ccc(C)c(C#N)c1. The first-order valence-electron chi connectivity index (χ1n) is 7.22. The van der Waals surface area contributed by atoms with Crippen LogP contribution in [-0.2, 0) is 0 Å². The molecular formula is C18H24N2. The third-order valence-corrected chi connectivity index (χ3v) is 3.66. The molecule has 0 aliphatic rings. The Morgan fingerprint density at radius 1 is 1.45 bits per heavy atom. The molecule has 0 aromatic heterocycles. The maximum atomic E-state index is 9.10. The summed E-state index contributed by atoms with van der Waals surface area (Å²) in [6.45, 7) is 10.1. The Morgan fingerprint density at radius 3 is 2.80 bits per heavy atom. The summed E-state index contributed by atoms with van der Waals surface area (Å²) < 4.78 is 0. The number of nitrogens with zero attached hydrogens (tertiary/aromatic N) is 1. The highest BCUT2D eigenvalue weighted by atomic mass is 14.9. The monoisotopic (exact) mass is 268 g/mol. The number of nitriles is 1. The topological polar surface area (TPSA) is 35.8 Å². The molecule has 0 saturated heterocycles. The molecule has 0 heterocycles. The minimum absolute atomic E-state index is 0.355. The average Bonchev–Trinajstić information content (AvgIpc) is 2.46. The van der Waals surface area contributed by atoms with Gasteiger partial charge in [0.25, 0.3) is 0 Å². The van der Waals surface area contributed by atoms with Gasteiger partial charge in [0.1, 0.15) is 0 Å². The van der Waals surface area contributed by atoms with Gasteiger partial charge >= 0.3 is 0 Å². The van der Waals surface area contributed by atoms with Crippen molar-refractivity contribution in [3.8, 4) is 6.07 Å². The molecule has 1 rings (SSSR count). The summed E-state index contributed by atoms with van der Waals surface area (Å²) in [4.78, 5) is 0. The van der Waals surface area contributed by atoms with Crippen LogP contribution in [0.25, 0.3) is 0 Å². The molecule has 1 N–H and O–H groups in total. The van der Waals surface area contributed by atoms with Gasteiger partial charge in [-0.1, -0.05) is 32.9 Å². The van der Waals surface area contributed by atoms with Crippen molar-refractivity contribution < 1.29 is 0 Å². The first kappa shape index (κ1) is 16.1. The second-order valence-electron chi connectivity index (χ2n) is 5.38. The first-order chi connectivity index (χ1) is 9.60. The summed E-state index contributed by atoms with van der Waals surface area (Å²) in [5.41, 5.74) is 5.60. The summed E-state index contributed by atoms with van der Waals surface area (Å²) in [6.07, 6.45) is 5.15. The van der Waals surface area contributed by atoms with Crippen LogP contribution in [0, 0.1) is 24.2 Å². The Hall–Kier alpha value is -1.97. The lowest BCUT2D eigenvalue weighted by Crippen LogP contribution is -2.21. The van der Waals surface area contributed by atoms with Gasteiger partial charge in [0.2, 0.25) is 0 Å². The van der Waals surface area contributed by atoms with E-state index in [9.17, 15) is 0 Å². The predicted molar refractivity (Wildman–Crippen MR) is 85.7 cm³/mol. The van der Waals surface area contributed by atoms with Crippen LogP contribution in [0.15, 0.2) is 36.6 Å². The summed E-state index contributed by atoms with van der Waals surface area (Å²) in [7, 11) is 0. The minimum atomic E-state index is 0.355. The average molecular weight is 268 g/mol. The van der Waals surface area contributed by atoms with Gasteiger partial charge < -0.3 is 5.32 Å². The van der Waals surface area contributed by atoms with Gasteiger partial charge in [-0.3, -0.25) is 0 Å². The maximum absolute atomic E-state index is 9.10. The van der Waals surface area contributed by atoms with E-state index in [1.165, 1.54) is 6.42 Å². The Labute approximate surface area is 122 Å². The zero-order valence-electron chi connectivity index (χ0n) is 12.7. The van der Waals surface area contributed by atoms with Crippen LogP contribution in [0.3, 0.4) is 0 Å². The van der Waals surface area contributed by atoms with Crippen LogP contribution >= 0.6 is 0 Å². The molecule has 0 amide bonds. The fourth-order valence-electron chi connectivity index (χ4n) is 2.16. The van der Waals surface area contributed by atoms with Crippen LogP contribution in [0.5, 0.6) is 0 Å². The number of hydrogen-bond acceptors (Lipinski definition) is 2. The van der Waals surface area contributed by atoms with Crippen molar-refractivity contribution in [3.05, 3.63) is 47.7 Å². The molecule has 0 bridgehead atoms. The fraction of sp³-hybridized carbons (Fsp3) is 0.444. The lowest BCUT2D eigenvalue weighted by Gasteiger charge is -2.21. The minimum Gasteiger partial charge on any atom is -0.382 e. The Morgan fingerprint density at radius 2 is 2.20 bits per heavy atom. The Kier molecular flexibility index (Phi) is 6.64. The zero-order valence-corrected chi connectivity index (χ0v) is 12.7. The first-order valence-corrected chi connectivity index (χ1v) is 7.22. The molecule has 0 aliphatic heterocycles. The van der Waals surface area contributed by atoms with Gasteiger partial charge in [-0.05, 0) is 49.5 Å². The van der Waals surface area contributed by atoms with E-state index in [1.54, 1.807) is 0 Å². The van der Waals surface area contributed by atoms with Crippen LogP contribution < -0.4 is 5.32 Å². The highest BCUT2D eigenvalue weighted by Gasteiger charge is 2.11. The number of rotatable bonds is 7. The summed E-state index contributed by atoms with van der Waals surface area (Å²) in [6, 6.07) is 8.55. The van der Waals surface area contributed by atoms with Gasteiger partial charge in [0, 0.05) is 11.7 Å². The molecule has 0 aliphatic carbocycles. The van der Waals surface area contributed by atoms with Crippen LogP contribution in [0.1, 0.15) is 44.2 Å². The van der Waals surface area contributed by atoms with Crippen molar-refractivity contribution in [1.82, 2.24) is 0 Å². The quantitative estimate of drug-likeness (QED) is 0.720. The number of anilines is 1. The van der Waals surface area contributed by atoms with E-state index in [4.69, 9.17) is 5.26 Å². The third kappa shape index (κ3) is 4.96. The van der Waals surface area contributed by atoms with Gasteiger partial charge in [0.15, 0.2) is 0 Å². The third-order valence-electron chi connectivity index (χ3n) is 3.66. The lowest BCUT2D eigenvalue weighted by molar-refractivity contribution is 0.470. The van der Waals surface area contributed by atoms with Gasteiger partial charge in [-0.15, -0.1) is 5.73 Å². The largest absolute Gasteiger partial charge is 0.382 e. The second-order valence-corrected chi connectivity index (χ2v) is 5.38. The number of nitrogens with one attached hydrogen (secondary N) is 1. The van der Waals surface area contributed by atoms with E-state index in [-0.39, 0.29) is 0 Å². The van der Waals surface area contributed by atoms with Crippen molar-refractivity contribution in [2.45, 2.75) is 46.1 Å². The van der Waals surface area contributed by atoms with Crippen molar-refractivity contribution in [2.24, 2.45) is 5.92 Å². The lowest BCUT2D eigenvalue weighted by atomic mass is 9.97. The van der Waals surface area contributed by atoms with E-state index in [0.29, 0.717) is 12.0 Å². The number of aryl methyl sites for hydroxylation is 1. The van der Waals surface area contributed by atoms with Crippen LogP contribution in [0.2, 0.25) is 0 Å². The van der Waals surface area contributed by atoms with Gasteiger partial charge in [-0.2, -0.15) is 5.26 Å². The molecule has 2 heteroatoms. The predicted octanol–water partition coefficient (Wildman–Crippen LogP) is 4.81. The van der Waals surface area contributed by atoms with Gasteiger partial charge in [-0.25, -0.2) is 0 Å². The smallest absolute Gasteiger partial charge is 0.0995 e. The molecule has 2 atom stereocenters. The highest BCUT2D eigenvalue weighted by Crippen LogP contribution is 2.20. The molecule has 1 aromatic rings. The van der Waals surface area contributed by atoms with Crippen LogP contribution in [-0.4, -0.2) is 6.04 Å². The normalized spacial score (nSPS) is 12.9. The molecular weight excluding hydrogens is 244 g/mol. The molecule has 2 nitrogen and oxygen atoms in total. The number of benzene rings is 1. The highest BCUT2D eigenvalue weighted by molar-refractivity contribution is 5.53. The van der Waals surface area contributed by atoms with E-state index < -0.39 is 0 Å². The summed E-state index contributed by atoms with van der Waals surface area (Å²) in [5, 5.41) is 12.6. The molecule has 0 saturated carbocycles. The second kappa shape index (κ2) is 8.25. The van der Waals surface area contributed by atoms with E-state index in [0.717, 1.165) is 29.7 Å². The molecule has 1 unspecified atom stereocenters. The van der Waals surface area contributed by atoms with E-state index in [1.807, 2.05) is 31.2 Å². The molecule has 106 valence electrons. The van der Waals surface area contributed by atoms with E-state index in [2.05, 4.69) is 37.5 Å². The molecule has 0 radical (unpaired) electrons. The molecule has 1 aromatic carbocycles. The molecule has 0 fully saturated rings. The van der Waals surface area contributed by atoms with Crippen molar-refractivity contribution in [3.63, 3.8) is 0 Å². The van der Waals surface area contributed by atoms with Crippen molar-refractivity contribution in [1.29, 1.82) is 5.26 Å². The summed E-state index contributed by atoms with van der Waals surface area (Å²) >= 11 is 0.